The molecule has 0 amide bonds. The Hall–Kier alpha value is -1.10. The number of nitrogens with zero attached hydrogens (tertiary/aromatic N) is 1. The fraction of sp³-hybridized carbons (Fsp3) is 0.519. The van der Waals surface area contributed by atoms with Crippen LogP contribution in [0.2, 0.25) is 0 Å². The van der Waals surface area contributed by atoms with Gasteiger partial charge < -0.3 is 15.2 Å². The van der Waals surface area contributed by atoms with Gasteiger partial charge in [0.05, 0.1) is 12.2 Å². The van der Waals surface area contributed by atoms with E-state index in [1.54, 1.807) is 11.3 Å². The Morgan fingerprint density at radius 1 is 0.906 bits per heavy atom. The number of pyridine rings is 1. The van der Waals surface area contributed by atoms with E-state index < -0.39 is 0 Å². The molecule has 2 N–H and O–H groups in total. The average molecular weight is 629 g/mol. The van der Waals surface area contributed by atoms with Gasteiger partial charge in [0.1, 0.15) is 0 Å². The van der Waals surface area contributed by atoms with Crippen molar-refractivity contribution in [3.8, 4) is 10.6 Å². The van der Waals surface area contributed by atoms with E-state index in [1.165, 1.54) is 10.1 Å². The van der Waals surface area contributed by atoms with E-state index in [2.05, 4.69) is 56.9 Å². The Balaban J connectivity index is 0.000000175. The summed E-state index contributed by atoms with van der Waals surface area (Å²) in [7, 11) is 0. The van der Waals surface area contributed by atoms with E-state index in [1.807, 2.05) is 30.5 Å². The molecule has 0 aliphatic heterocycles. The van der Waals surface area contributed by atoms with Gasteiger partial charge >= 0.3 is 0 Å². The topological polar surface area (TPSA) is 53.4 Å². The van der Waals surface area contributed by atoms with E-state index in [9.17, 15) is 10.2 Å². The van der Waals surface area contributed by atoms with Crippen LogP contribution >= 0.6 is 11.3 Å². The molecule has 2 aliphatic rings. The molecular weight excluding hydrogens is 595 g/mol. The van der Waals surface area contributed by atoms with Crippen LogP contribution in [0.1, 0.15) is 40.5 Å². The zero-order valence-corrected chi connectivity index (χ0v) is 22.4. The summed E-state index contributed by atoms with van der Waals surface area (Å²) in [6.07, 6.45) is 3.49. The maximum absolute atomic E-state index is 10.3. The average Bonchev–Trinajstić information content (AvgIpc) is 3.42. The van der Waals surface area contributed by atoms with Crippen molar-refractivity contribution in [3.05, 3.63) is 54.7 Å². The number of benzene rings is 1. The predicted molar refractivity (Wildman–Crippen MR) is 129 cm³/mol. The standard InChI is InChI=1S/C14H26O2.C13H8NS.Ir/c1-7(2)10-5-9-6-11(8(3)4)14(16)12(9)13(10)15;1-2-7-12-10(5-1)9-13(15-12)11-6-3-4-8-14-11;/h7-16H,5-6H2,1-4H3;1-8H;/q;-1;/t9?,10-,11+,12?,13?,14?;;. The number of fused-ring (bicyclic) bond motifs is 2. The first-order chi connectivity index (χ1) is 14.9. The number of hydrogen-bond donors (Lipinski definition) is 2. The Morgan fingerprint density at radius 3 is 2.00 bits per heavy atom. The minimum atomic E-state index is -0.274. The van der Waals surface area contributed by atoms with Gasteiger partial charge in [-0.25, -0.2) is 11.3 Å². The molecule has 1 radical (unpaired) electrons. The normalized spacial score (nSPS) is 29.0. The van der Waals surface area contributed by atoms with Gasteiger partial charge in [0.15, 0.2) is 0 Å². The summed E-state index contributed by atoms with van der Waals surface area (Å²) in [6, 6.07) is 17.6. The van der Waals surface area contributed by atoms with E-state index in [4.69, 9.17) is 0 Å². The summed E-state index contributed by atoms with van der Waals surface area (Å²) in [5.74, 6) is 2.58. The zero-order valence-electron chi connectivity index (χ0n) is 19.2. The van der Waals surface area contributed by atoms with Crippen molar-refractivity contribution in [3.63, 3.8) is 0 Å². The molecule has 3 aromatic rings. The Morgan fingerprint density at radius 2 is 1.50 bits per heavy atom. The van der Waals surface area contributed by atoms with Crippen molar-refractivity contribution in [2.24, 2.45) is 35.5 Å². The summed E-state index contributed by atoms with van der Waals surface area (Å²) in [5.41, 5.74) is 0.999. The molecule has 2 saturated carbocycles. The summed E-state index contributed by atoms with van der Waals surface area (Å²) < 4.78 is 1.26. The maximum atomic E-state index is 10.3. The molecule has 2 fully saturated rings. The van der Waals surface area contributed by atoms with Crippen LogP contribution in [0, 0.1) is 41.6 Å². The minimum absolute atomic E-state index is 0. The van der Waals surface area contributed by atoms with Crippen LogP contribution in [-0.2, 0) is 20.1 Å². The number of aliphatic hydroxyl groups is 2. The monoisotopic (exact) mass is 629 g/mol. The molecule has 32 heavy (non-hydrogen) atoms. The van der Waals surface area contributed by atoms with Crippen molar-refractivity contribution in [2.75, 3.05) is 0 Å². The molecule has 0 bridgehead atoms. The molecule has 2 aromatic heterocycles. The summed E-state index contributed by atoms with van der Waals surface area (Å²) >= 11 is 1.73. The molecule has 6 atom stereocenters. The van der Waals surface area contributed by atoms with Crippen LogP contribution < -0.4 is 0 Å². The second-order valence-electron chi connectivity index (χ2n) is 9.87. The largest absolute Gasteiger partial charge is 0.392 e. The van der Waals surface area contributed by atoms with E-state index in [0.717, 1.165) is 23.4 Å². The van der Waals surface area contributed by atoms with Gasteiger partial charge in [-0.15, -0.1) is 23.6 Å². The van der Waals surface area contributed by atoms with Crippen LogP contribution in [0.25, 0.3) is 20.7 Å². The zero-order chi connectivity index (χ0) is 22.1. The second-order valence-corrected chi connectivity index (χ2v) is 10.9. The number of hydrogen-bond acceptors (Lipinski definition) is 4. The van der Waals surface area contributed by atoms with Gasteiger partial charge in [-0.1, -0.05) is 52.0 Å². The van der Waals surface area contributed by atoms with Gasteiger partial charge in [0.25, 0.3) is 0 Å². The molecule has 4 unspecified atom stereocenters. The molecule has 0 saturated heterocycles. The third-order valence-corrected chi connectivity index (χ3v) is 8.41. The SMILES string of the molecule is CC(C)[C@H]1CC2C[C@@H](C(C)C)C(O)C2C1O.[Ir].[c-]1c(-c2ccccn2)sc2ccccc12. The van der Waals surface area contributed by atoms with Gasteiger partial charge in [-0.3, -0.25) is 0 Å². The molecule has 175 valence electrons. The van der Waals surface area contributed by atoms with Crippen LogP contribution in [-0.4, -0.2) is 27.4 Å². The van der Waals surface area contributed by atoms with Gasteiger partial charge in [-0.05, 0) is 58.1 Å². The maximum Gasteiger partial charge on any atom is 0.0626 e. The van der Waals surface area contributed by atoms with Crippen LogP contribution in [0.15, 0.2) is 48.7 Å². The van der Waals surface area contributed by atoms with Gasteiger partial charge in [-0.2, -0.15) is 0 Å². The van der Waals surface area contributed by atoms with Crippen molar-refractivity contribution < 1.29 is 30.3 Å². The predicted octanol–water partition coefficient (Wildman–Crippen LogP) is 6.05. The fourth-order valence-electron chi connectivity index (χ4n) is 5.58. The molecule has 2 heterocycles. The summed E-state index contributed by atoms with van der Waals surface area (Å²) in [4.78, 5) is 5.43. The summed E-state index contributed by atoms with van der Waals surface area (Å²) in [6.45, 7) is 8.73. The van der Waals surface area contributed by atoms with Crippen molar-refractivity contribution in [2.45, 2.75) is 52.7 Å². The molecule has 1 aromatic carbocycles. The Kier molecular flexibility index (Phi) is 8.68. The van der Waals surface area contributed by atoms with Crippen molar-refractivity contribution >= 4 is 21.4 Å². The smallest absolute Gasteiger partial charge is 0.0626 e. The van der Waals surface area contributed by atoms with Crippen molar-refractivity contribution in [1.29, 1.82) is 0 Å². The Labute approximate surface area is 209 Å². The van der Waals surface area contributed by atoms with Crippen LogP contribution in [0.5, 0.6) is 0 Å². The van der Waals surface area contributed by atoms with Gasteiger partial charge in [0, 0.05) is 37.9 Å². The Bertz CT molecular complexity index is 932. The molecule has 3 nitrogen and oxygen atoms in total. The first-order valence-corrected chi connectivity index (χ1v) is 12.4. The number of aromatic nitrogens is 1. The first-order valence-electron chi connectivity index (χ1n) is 11.5. The first kappa shape index (κ1) is 25.5. The molecule has 0 spiro atoms. The molecule has 5 heteroatoms. The van der Waals surface area contributed by atoms with Crippen molar-refractivity contribution in [1.82, 2.24) is 4.98 Å². The third-order valence-electron chi connectivity index (χ3n) is 7.32. The quantitative estimate of drug-likeness (QED) is 0.347. The molecule has 5 rings (SSSR count). The summed E-state index contributed by atoms with van der Waals surface area (Å²) in [5, 5.41) is 21.8. The third kappa shape index (κ3) is 5.18. The number of aliphatic hydroxyl groups excluding tert-OH is 2. The molecule has 2 aliphatic carbocycles. The minimum Gasteiger partial charge on any atom is -0.392 e. The molecular formula is C27H34IrNO2S-. The van der Waals surface area contributed by atoms with E-state index in [-0.39, 0.29) is 38.2 Å². The van der Waals surface area contributed by atoms with E-state index >= 15 is 0 Å². The number of thiophene rings is 1. The second kappa shape index (κ2) is 10.9. The van der Waals surface area contributed by atoms with Crippen LogP contribution in [0.4, 0.5) is 0 Å². The van der Waals surface area contributed by atoms with Crippen LogP contribution in [0.3, 0.4) is 0 Å². The van der Waals surface area contributed by atoms with E-state index in [0.29, 0.717) is 29.6 Å². The number of rotatable bonds is 3. The fourth-order valence-corrected chi connectivity index (χ4v) is 6.56. The van der Waals surface area contributed by atoms with Gasteiger partial charge in [0.2, 0.25) is 0 Å².